The Bertz CT molecular complexity index is 563. The topological polar surface area (TPSA) is 46.9 Å². The highest BCUT2D eigenvalue weighted by Gasteiger charge is 2.25. The van der Waals surface area contributed by atoms with Crippen molar-refractivity contribution in [3.8, 4) is 11.3 Å². The van der Waals surface area contributed by atoms with Crippen molar-refractivity contribution < 1.29 is 4.79 Å². The minimum Gasteiger partial charge on any atom is -0.354 e. The quantitative estimate of drug-likeness (QED) is 0.834. The molecule has 4 nitrogen and oxygen atoms in total. The van der Waals surface area contributed by atoms with E-state index in [-0.39, 0.29) is 5.91 Å². The maximum Gasteiger partial charge on any atom is 0.226 e. The molecule has 0 aromatic carbocycles. The van der Waals surface area contributed by atoms with Crippen LogP contribution in [0.5, 0.6) is 0 Å². The predicted molar refractivity (Wildman–Crippen MR) is 83.1 cm³/mol. The Morgan fingerprint density at radius 1 is 1.50 bits per heavy atom. The highest BCUT2D eigenvalue weighted by molar-refractivity contribution is 7.08. The highest BCUT2D eigenvalue weighted by atomic mass is 35.5. The molecule has 0 spiro atoms. The van der Waals surface area contributed by atoms with Gasteiger partial charge < -0.3 is 5.32 Å². The van der Waals surface area contributed by atoms with E-state index >= 15 is 0 Å². The van der Waals surface area contributed by atoms with E-state index in [1.807, 2.05) is 42.2 Å². The number of nitrogens with zero attached hydrogens (tertiary/aromatic N) is 2. The van der Waals surface area contributed by atoms with E-state index in [0.717, 1.165) is 11.3 Å². The maximum atomic E-state index is 11.9. The average Bonchev–Trinajstić information content (AvgIpc) is 3.09. The first kappa shape index (κ1) is 15.1. The zero-order valence-corrected chi connectivity index (χ0v) is 13.2. The first-order valence-electron chi connectivity index (χ1n) is 6.43. The molecular weight excluding hydrogens is 294 g/mol. The molecule has 0 aliphatic carbocycles. The number of amides is 1. The van der Waals surface area contributed by atoms with Crippen LogP contribution >= 0.6 is 22.9 Å². The zero-order chi connectivity index (χ0) is 14.6. The average molecular weight is 312 g/mol. The minimum absolute atomic E-state index is 0.0299. The molecule has 1 amide bonds. The van der Waals surface area contributed by atoms with Gasteiger partial charge in [0.25, 0.3) is 0 Å². The third-order valence-corrected chi connectivity index (χ3v) is 4.38. The SMILES string of the molecule is CC(C)(CCl)C(=O)NCCn1ccc(-c2ccsc2)n1. The van der Waals surface area contributed by atoms with Crippen molar-refractivity contribution >= 4 is 28.8 Å². The summed E-state index contributed by atoms with van der Waals surface area (Å²) in [5.74, 6) is 0.279. The summed E-state index contributed by atoms with van der Waals surface area (Å²) < 4.78 is 1.83. The van der Waals surface area contributed by atoms with E-state index in [1.54, 1.807) is 11.3 Å². The summed E-state index contributed by atoms with van der Waals surface area (Å²) in [6.07, 6.45) is 1.92. The number of aromatic nitrogens is 2. The Balaban J connectivity index is 1.85. The Morgan fingerprint density at radius 2 is 2.30 bits per heavy atom. The Morgan fingerprint density at radius 3 is 2.95 bits per heavy atom. The molecule has 0 aliphatic rings. The molecule has 108 valence electrons. The second-order valence-electron chi connectivity index (χ2n) is 5.25. The zero-order valence-electron chi connectivity index (χ0n) is 11.6. The molecule has 0 saturated carbocycles. The van der Waals surface area contributed by atoms with Crippen molar-refractivity contribution in [1.29, 1.82) is 0 Å². The number of hydrogen-bond acceptors (Lipinski definition) is 3. The smallest absolute Gasteiger partial charge is 0.226 e. The molecule has 0 aliphatic heterocycles. The van der Waals surface area contributed by atoms with Crippen molar-refractivity contribution in [1.82, 2.24) is 15.1 Å². The predicted octanol–water partition coefficient (Wildman–Crippen LogP) is 2.99. The number of thiophene rings is 1. The molecule has 0 fully saturated rings. The largest absolute Gasteiger partial charge is 0.354 e. The number of carbonyl (C=O) groups is 1. The normalized spacial score (nSPS) is 11.6. The number of carbonyl (C=O) groups excluding carboxylic acids is 1. The number of rotatable bonds is 6. The number of nitrogens with one attached hydrogen (secondary N) is 1. The van der Waals surface area contributed by atoms with Crippen molar-refractivity contribution in [3.63, 3.8) is 0 Å². The summed E-state index contributed by atoms with van der Waals surface area (Å²) in [6, 6.07) is 4.02. The second kappa shape index (κ2) is 6.41. The van der Waals surface area contributed by atoms with Gasteiger partial charge in [-0.3, -0.25) is 9.48 Å². The third kappa shape index (κ3) is 3.61. The third-order valence-electron chi connectivity index (χ3n) is 3.03. The van der Waals surface area contributed by atoms with Crippen molar-refractivity contribution in [2.75, 3.05) is 12.4 Å². The van der Waals surface area contributed by atoms with Crippen LogP contribution in [0.3, 0.4) is 0 Å². The van der Waals surface area contributed by atoms with Gasteiger partial charge in [0.05, 0.1) is 17.7 Å². The van der Waals surface area contributed by atoms with E-state index in [0.29, 0.717) is 19.0 Å². The van der Waals surface area contributed by atoms with Crippen LogP contribution in [-0.2, 0) is 11.3 Å². The van der Waals surface area contributed by atoms with Gasteiger partial charge in [0.2, 0.25) is 5.91 Å². The van der Waals surface area contributed by atoms with Gasteiger partial charge in [-0.25, -0.2) is 0 Å². The molecule has 0 atom stereocenters. The van der Waals surface area contributed by atoms with Crippen LogP contribution in [0, 0.1) is 5.41 Å². The van der Waals surface area contributed by atoms with Crippen LogP contribution in [-0.4, -0.2) is 28.1 Å². The summed E-state index contributed by atoms with van der Waals surface area (Å²) in [5.41, 5.74) is 1.55. The minimum atomic E-state index is -0.534. The molecular formula is C14H18ClN3OS. The van der Waals surface area contributed by atoms with Crippen molar-refractivity contribution in [3.05, 3.63) is 29.1 Å². The second-order valence-corrected chi connectivity index (χ2v) is 6.30. The van der Waals surface area contributed by atoms with Gasteiger partial charge in [0.15, 0.2) is 0 Å². The fourth-order valence-corrected chi connectivity index (χ4v) is 2.41. The Kier molecular flexibility index (Phi) is 4.83. The highest BCUT2D eigenvalue weighted by Crippen LogP contribution is 2.19. The van der Waals surface area contributed by atoms with Gasteiger partial charge in [0, 0.05) is 29.6 Å². The molecule has 20 heavy (non-hydrogen) atoms. The van der Waals surface area contributed by atoms with Gasteiger partial charge in [-0.05, 0) is 31.4 Å². The summed E-state index contributed by atoms with van der Waals surface area (Å²) >= 11 is 7.42. The van der Waals surface area contributed by atoms with Crippen LogP contribution in [0.15, 0.2) is 29.1 Å². The van der Waals surface area contributed by atoms with Crippen molar-refractivity contribution in [2.45, 2.75) is 20.4 Å². The molecule has 6 heteroatoms. The van der Waals surface area contributed by atoms with Crippen LogP contribution in [0.4, 0.5) is 0 Å². The fourth-order valence-electron chi connectivity index (χ4n) is 1.63. The van der Waals surface area contributed by atoms with Crippen LogP contribution in [0.2, 0.25) is 0 Å². The van der Waals surface area contributed by atoms with Crippen LogP contribution < -0.4 is 5.32 Å². The summed E-state index contributed by atoms with van der Waals surface area (Å²) in [4.78, 5) is 11.9. The van der Waals surface area contributed by atoms with E-state index in [2.05, 4.69) is 15.8 Å². The van der Waals surface area contributed by atoms with Crippen molar-refractivity contribution in [2.24, 2.45) is 5.41 Å². The first-order chi connectivity index (χ1) is 9.53. The molecule has 1 N–H and O–H groups in total. The number of hydrogen-bond donors (Lipinski definition) is 1. The molecule has 0 saturated heterocycles. The van der Waals surface area contributed by atoms with Crippen LogP contribution in [0.25, 0.3) is 11.3 Å². The molecule has 2 aromatic heterocycles. The lowest BCUT2D eigenvalue weighted by atomic mass is 9.95. The number of alkyl halides is 1. The van der Waals surface area contributed by atoms with Gasteiger partial charge >= 0.3 is 0 Å². The molecule has 2 aromatic rings. The standard InChI is InChI=1S/C14H18ClN3OS/c1-14(2,10-15)13(19)16-5-7-18-6-3-12(17-18)11-4-8-20-9-11/h3-4,6,8-9H,5,7,10H2,1-2H3,(H,16,19). The molecule has 0 radical (unpaired) electrons. The van der Waals surface area contributed by atoms with Crippen LogP contribution in [0.1, 0.15) is 13.8 Å². The van der Waals surface area contributed by atoms with Gasteiger partial charge in [-0.15, -0.1) is 11.6 Å². The van der Waals surface area contributed by atoms with E-state index < -0.39 is 5.41 Å². The monoisotopic (exact) mass is 311 g/mol. The van der Waals surface area contributed by atoms with Gasteiger partial charge in [0.1, 0.15) is 0 Å². The molecule has 0 unspecified atom stereocenters. The fraction of sp³-hybridized carbons (Fsp3) is 0.429. The lowest BCUT2D eigenvalue weighted by molar-refractivity contribution is -0.128. The van der Waals surface area contributed by atoms with Gasteiger partial charge in [-0.1, -0.05) is 0 Å². The maximum absolute atomic E-state index is 11.9. The lowest BCUT2D eigenvalue weighted by Crippen LogP contribution is -2.39. The van der Waals surface area contributed by atoms with Gasteiger partial charge in [-0.2, -0.15) is 16.4 Å². The first-order valence-corrected chi connectivity index (χ1v) is 7.91. The van der Waals surface area contributed by atoms with E-state index in [9.17, 15) is 4.79 Å². The number of halogens is 1. The lowest BCUT2D eigenvalue weighted by Gasteiger charge is -2.20. The van der Waals surface area contributed by atoms with E-state index in [4.69, 9.17) is 11.6 Å². The molecule has 0 bridgehead atoms. The molecule has 2 heterocycles. The summed E-state index contributed by atoms with van der Waals surface area (Å²) in [5, 5.41) is 11.5. The summed E-state index contributed by atoms with van der Waals surface area (Å²) in [6.45, 7) is 4.86. The van der Waals surface area contributed by atoms with E-state index in [1.165, 1.54) is 0 Å². The summed E-state index contributed by atoms with van der Waals surface area (Å²) in [7, 11) is 0. The Hall–Kier alpha value is -1.33. The Labute approximate surface area is 127 Å². The molecule has 2 rings (SSSR count).